The van der Waals surface area contributed by atoms with Gasteiger partial charge in [0, 0.05) is 5.41 Å². The first-order chi connectivity index (χ1) is 10.6. The number of thiophene rings is 1. The van der Waals surface area contributed by atoms with Crippen LogP contribution in [-0.4, -0.2) is 14.6 Å². The van der Waals surface area contributed by atoms with Crippen LogP contribution in [0.5, 0.6) is 0 Å². The second-order valence-corrected chi connectivity index (χ2v) is 7.62. The highest BCUT2D eigenvalue weighted by atomic mass is 35.5. The monoisotopic (exact) mass is 359 g/mol. The second-order valence-electron chi connectivity index (χ2n) is 6.15. The van der Waals surface area contributed by atoms with Crippen LogP contribution in [0.15, 0.2) is 24.3 Å². The molecule has 3 aromatic heterocycles. The van der Waals surface area contributed by atoms with E-state index in [1.165, 1.54) is 10.6 Å². The van der Waals surface area contributed by atoms with E-state index < -0.39 is 11.1 Å². The van der Waals surface area contributed by atoms with Crippen LogP contribution in [0.4, 0.5) is 13.2 Å². The van der Waals surface area contributed by atoms with Crippen molar-refractivity contribution in [3.05, 3.63) is 40.0 Å². The first kappa shape index (κ1) is 16.3. The third kappa shape index (κ3) is 2.95. The van der Waals surface area contributed by atoms with E-state index in [4.69, 9.17) is 11.6 Å². The van der Waals surface area contributed by atoms with Gasteiger partial charge in [-0.25, -0.2) is 9.50 Å². The van der Waals surface area contributed by atoms with Gasteiger partial charge in [0.05, 0.1) is 10.6 Å². The summed E-state index contributed by atoms with van der Waals surface area (Å²) in [4.78, 5) is 4.35. The third-order valence-corrected chi connectivity index (χ3v) is 4.61. The number of rotatable bonds is 1. The summed E-state index contributed by atoms with van der Waals surface area (Å²) in [6.07, 6.45) is -4.36. The second kappa shape index (κ2) is 5.21. The molecule has 0 aromatic carbocycles. The normalized spacial score (nSPS) is 13.0. The van der Waals surface area contributed by atoms with Crippen LogP contribution in [0.2, 0.25) is 5.15 Å². The number of nitrogens with zero attached hydrogens (tertiary/aromatic N) is 3. The minimum absolute atomic E-state index is 0.254. The summed E-state index contributed by atoms with van der Waals surface area (Å²) in [5, 5.41) is 4.46. The molecule has 122 valence electrons. The molecule has 0 fully saturated rings. The van der Waals surface area contributed by atoms with Gasteiger partial charge in [-0.15, -0.1) is 11.3 Å². The Bertz CT molecular complexity index is 874. The molecule has 0 amide bonds. The Labute approximate surface area is 139 Å². The number of alkyl halides is 3. The van der Waals surface area contributed by atoms with E-state index >= 15 is 0 Å². The molecule has 0 N–H and O–H groups in total. The Morgan fingerprint density at radius 1 is 1.09 bits per heavy atom. The lowest BCUT2D eigenvalue weighted by molar-refractivity contribution is -0.134. The third-order valence-electron chi connectivity index (χ3n) is 3.27. The fraction of sp³-hybridized carbons (Fsp3) is 0.333. The van der Waals surface area contributed by atoms with Crippen molar-refractivity contribution < 1.29 is 13.2 Å². The van der Waals surface area contributed by atoms with Crippen LogP contribution < -0.4 is 0 Å². The Hall–Kier alpha value is -1.60. The van der Waals surface area contributed by atoms with Crippen molar-refractivity contribution in [2.45, 2.75) is 32.4 Å². The van der Waals surface area contributed by atoms with Gasteiger partial charge in [-0.3, -0.25) is 0 Å². The molecule has 0 bridgehead atoms. The van der Waals surface area contributed by atoms with Crippen LogP contribution >= 0.6 is 22.9 Å². The number of aromatic nitrogens is 3. The summed E-state index contributed by atoms with van der Waals surface area (Å²) in [6, 6.07) is 5.84. The fourth-order valence-electron chi connectivity index (χ4n) is 2.27. The maximum absolute atomic E-state index is 12.9. The fourth-order valence-corrected chi connectivity index (χ4v) is 3.32. The highest BCUT2D eigenvalue weighted by molar-refractivity contribution is 7.15. The average Bonchev–Trinajstić information content (AvgIpc) is 2.99. The number of hydrogen-bond acceptors (Lipinski definition) is 3. The molecule has 0 spiro atoms. The molecule has 0 saturated heterocycles. The first-order valence-corrected chi connectivity index (χ1v) is 8.00. The molecule has 0 aliphatic heterocycles. The van der Waals surface area contributed by atoms with Crippen LogP contribution in [0.3, 0.4) is 0 Å². The van der Waals surface area contributed by atoms with Crippen molar-refractivity contribution in [2.24, 2.45) is 0 Å². The molecule has 0 aliphatic carbocycles. The van der Waals surface area contributed by atoms with E-state index in [9.17, 15) is 13.2 Å². The molecule has 3 aromatic rings. The molecular formula is C15H13ClF3N3S. The highest BCUT2D eigenvalue weighted by Gasteiger charge is 2.34. The van der Waals surface area contributed by atoms with Crippen molar-refractivity contribution in [3.63, 3.8) is 0 Å². The summed E-state index contributed by atoms with van der Waals surface area (Å²) < 4.78 is 40.2. The van der Waals surface area contributed by atoms with Crippen LogP contribution in [0.25, 0.3) is 16.2 Å². The zero-order valence-electron chi connectivity index (χ0n) is 12.6. The number of fused-ring (bicyclic) bond motifs is 1. The predicted octanol–water partition coefficient (Wildman–Crippen LogP) is 5.43. The molecule has 8 heteroatoms. The van der Waals surface area contributed by atoms with Crippen LogP contribution in [0.1, 0.15) is 31.3 Å². The van der Waals surface area contributed by atoms with Crippen LogP contribution in [0, 0.1) is 0 Å². The average molecular weight is 360 g/mol. The largest absolute Gasteiger partial charge is 0.425 e. The Morgan fingerprint density at radius 3 is 2.35 bits per heavy atom. The van der Waals surface area contributed by atoms with E-state index in [0.29, 0.717) is 33.2 Å². The minimum Gasteiger partial charge on any atom is -0.231 e. The quantitative estimate of drug-likeness (QED) is 0.580. The number of halogens is 4. The highest BCUT2D eigenvalue weighted by Crippen LogP contribution is 2.41. The molecule has 0 unspecified atom stereocenters. The van der Waals surface area contributed by atoms with E-state index in [-0.39, 0.29) is 10.6 Å². The van der Waals surface area contributed by atoms with Gasteiger partial charge in [-0.1, -0.05) is 32.4 Å². The topological polar surface area (TPSA) is 30.2 Å². The molecule has 3 rings (SSSR count). The Balaban J connectivity index is 2.30. The van der Waals surface area contributed by atoms with Crippen molar-refractivity contribution in [1.82, 2.24) is 14.6 Å². The Kier molecular flexibility index (Phi) is 3.68. The minimum atomic E-state index is -4.36. The van der Waals surface area contributed by atoms with E-state index in [1.54, 1.807) is 12.1 Å². The van der Waals surface area contributed by atoms with E-state index in [0.717, 1.165) is 6.07 Å². The van der Waals surface area contributed by atoms with Gasteiger partial charge in [0.1, 0.15) is 15.7 Å². The van der Waals surface area contributed by atoms with Crippen molar-refractivity contribution in [1.29, 1.82) is 0 Å². The van der Waals surface area contributed by atoms with Gasteiger partial charge < -0.3 is 0 Å². The SMILES string of the molecule is CC(C)(C)c1nc2ccc(Cl)nn2c1-c1ccc(C(F)(F)F)s1. The molecular weight excluding hydrogens is 347 g/mol. The van der Waals surface area contributed by atoms with Gasteiger partial charge in [-0.2, -0.15) is 18.3 Å². The number of imidazole rings is 1. The lowest BCUT2D eigenvalue weighted by Crippen LogP contribution is -2.13. The summed E-state index contributed by atoms with van der Waals surface area (Å²) in [7, 11) is 0. The smallest absolute Gasteiger partial charge is 0.231 e. The Morgan fingerprint density at radius 2 is 1.78 bits per heavy atom. The van der Waals surface area contributed by atoms with Crippen molar-refractivity contribution in [2.75, 3.05) is 0 Å². The zero-order chi connectivity index (χ0) is 17.0. The predicted molar refractivity (Wildman–Crippen MR) is 85.0 cm³/mol. The summed E-state index contributed by atoms with van der Waals surface area (Å²) in [6.45, 7) is 5.87. The first-order valence-electron chi connectivity index (χ1n) is 6.80. The lowest BCUT2D eigenvalue weighted by Gasteiger charge is -2.17. The molecule has 3 heterocycles. The molecule has 0 radical (unpaired) electrons. The molecule has 23 heavy (non-hydrogen) atoms. The number of hydrogen-bond donors (Lipinski definition) is 0. The zero-order valence-corrected chi connectivity index (χ0v) is 14.1. The van der Waals surface area contributed by atoms with Gasteiger partial charge >= 0.3 is 6.18 Å². The maximum atomic E-state index is 12.9. The van der Waals surface area contributed by atoms with Crippen molar-refractivity contribution >= 4 is 28.6 Å². The van der Waals surface area contributed by atoms with E-state index in [2.05, 4.69) is 10.1 Å². The standard InChI is InChI=1S/C15H13ClF3N3S/c1-14(2,3)13-12(8-4-5-9(23-8)15(17,18)19)22-11(20-13)7-6-10(16)21-22/h4-7H,1-3H3. The molecule has 0 aliphatic rings. The lowest BCUT2D eigenvalue weighted by atomic mass is 9.90. The summed E-state index contributed by atoms with van der Waals surface area (Å²) >= 11 is 6.62. The van der Waals surface area contributed by atoms with Gasteiger partial charge in [0.25, 0.3) is 0 Å². The maximum Gasteiger partial charge on any atom is 0.425 e. The van der Waals surface area contributed by atoms with E-state index in [1.807, 2.05) is 20.8 Å². The molecule has 3 nitrogen and oxygen atoms in total. The molecule has 0 atom stereocenters. The van der Waals surface area contributed by atoms with Gasteiger partial charge in [-0.05, 0) is 24.3 Å². The molecule has 0 saturated carbocycles. The van der Waals surface area contributed by atoms with Crippen molar-refractivity contribution in [3.8, 4) is 10.6 Å². The van der Waals surface area contributed by atoms with Gasteiger partial charge in [0.15, 0.2) is 5.65 Å². The summed E-state index contributed by atoms with van der Waals surface area (Å²) in [5.41, 5.74) is 1.44. The summed E-state index contributed by atoms with van der Waals surface area (Å²) in [5.74, 6) is 0. The van der Waals surface area contributed by atoms with Gasteiger partial charge in [0.2, 0.25) is 0 Å². The van der Waals surface area contributed by atoms with Crippen LogP contribution in [-0.2, 0) is 11.6 Å².